The Morgan fingerprint density at radius 1 is 1.38 bits per heavy atom. The maximum atomic E-state index is 5.24. The van der Waals surface area contributed by atoms with Gasteiger partial charge in [0, 0.05) is 26.8 Å². The highest BCUT2D eigenvalue weighted by Crippen LogP contribution is 2.29. The van der Waals surface area contributed by atoms with E-state index in [1.807, 2.05) is 6.07 Å². The van der Waals surface area contributed by atoms with Gasteiger partial charge < -0.3 is 14.8 Å². The number of methoxy groups -OCH3 is 2. The Labute approximate surface area is 96.8 Å². The quantitative estimate of drug-likeness (QED) is 0.842. The summed E-state index contributed by atoms with van der Waals surface area (Å²) in [5, 5.41) is 3.44. The van der Waals surface area contributed by atoms with E-state index in [2.05, 4.69) is 17.4 Å². The summed E-state index contributed by atoms with van der Waals surface area (Å²) in [5.74, 6) is 1.50. The highest BCUT2D eigenvalue weighted by Gasteiger charge is 2.19. The Kier molecular flexibility index (Phi) is 3.80. The molecule has 0 bridgehead atoms. The van der Waals surface area contributed by atoms with E-state index in [1.54, 1.807) is 14.2 Å². The van der Waals surface area contributed by atoms with E-state index >= 15 is 0 Å². The van der Waals surface area contributed by atoms with E-state index in [1.165, 1.54) is 11.1 Å². The molecular formula is C13H19NO2. The van der Waals surface area contributed by atoms with Crippen molar-refractivity contribution in [1.29, 1.82) is 0 Å². The van der Waals surface area contributed by atoms with Gasteiger partial charge in [0.15, 0.2) is 0 Å². The fourth-order valence-corrected chi connectivity index (χ4v) is 2.27. The van der Waals surface area contributed by atoms with Crippen LogP contribution in [0.2, 0.25) is 0 Å². The van der Waals surface area contributed by atoms with Crippen LogP contribution in [-0.4, -0.2) is 27.4 Å². The number of hydrogen-bond acceptors (Lipinski definition) is 3. The zero-order valence-corrected chi connectivity index (χ0v) is 9.95. The van der Waals surface area contributed by atoms with Crippen LogP contribution in [0, 0.1) is 0 Å². The molecule has 0 saturated heterocycles. The number of hydrogen-bond donors (Lipinski definition) is 1. The van der Waals surface area contributed by atoms with Crippen molar-refractivity contribution in [2.45, 2.75) is 18.9 Å². The molecule has 3 nitrogen and oxygen atoms in total. The van der Waals surface area contributed by atoms with Crippen molar-refractivity contribution in [3.63, 3.8) is 0 Å². The molecule has 1 heterocycles. The van der Waals surface area contributed by atoms with Gasteiger partial charge in [-0.2, -0.15) is 0 Å². The minimum atomic E-state index is 0.564. The van der Waals surface area contributed by atoms with E-state index in [0.717, 1.165) is 31.9 Å². The third-order valence-electron chi connectivity index (χ3n) is 3.17. The molecule has 1 unspecified atom stereocenters. The van der Waals surface area contributed by atoms with Crippen LogP contribution in [0.15, 0.2) is 18.2 Å². The largest absolute Gasteiger partial charge is 0.497 e. The Morgan fingerprint density at radius 3 is 3.00 bits per heavy atom. The molecule has 0 saturated carbocycles. The van der Waals surface area contributed by atoms with Crippen LogP contribution in [0.3, 0.4) is 0 Å². The third-order valence-corrected chi connectivity index (χ3v) is 3.17. The summed E-state index contributed by atoms with van der Waals surface area (Å²) in [6, 6.07) is 6.36. The second-order valence-electron chi connectivity index (χ2n) is 4.17. The van der Waals surface area contributed by atoms with Gasteiger partial charge in [0.2, 0.25) is 0 Å². The van der Waals surface area contributed by atoms with Gasteiger partial charge in [-0.15, -0.1) is 0 Å². The standard InChI is InChI=1S/C13H19NO2/c1-15-6-5-10-8-14-9-11-7-12(16-2)3-4-13(10)11/h3-4,7,10,14H,5-6,8-9H2,1-2H3. The van der Waals surface area contributed by atoms with Gasteiger partial charge in [0.05, 0.1) is 7.11 Å². The van der Waals surface area contributed by atoms with Crippen LogP contribution >= 0.6 is 0 Å². The van der Waals surface area contributed by atoms with Crippen LogP contribution in [0.5, 0.6) is 5.75 Å². The predicted molar refractivity (Wildman–Crippen MR) is 63.9 cm³/mol. The molecule has 1 aliphatic rings. The number of ether oxygens (including phenoxy) is 2. The van der Waals surface area contributed by atoms with Crippen molar-refractivity contribution < 1.29 is 9.47 Å². The molecule has 0 aliphatic carbocycles. The number of benzene rings is 1. The summed E-state index contributed by atoms with van der Waals surface area (Å²) in [5.41, 5.74) is 2.79. The minimum Gasteiger partial charge on any atom is -0.497 e. The molecule has 0 spiro atoms. The lowest BCUT2D eigenvalue weighted by atomic mass is 9.88. The van der Waals surface area contributed by atoms with Crippen LogP contribution in [-0.2, 0) is 11.3 Å². The molecule has 1 atom stereocenters. The van der Waals surface area contributed by atoms with E-state index in [0.29, 0.717) is 5.92 Å². The maximum absolute atomic E-state index is 5.24. The fourth-order valence-electron chi connectivity index (χ4n) is 2.27. The summed E-state index contributed by atoms with van der Waals surface area (Å²) in [6.45, 7) is 2.80. The minimum absolute atomic E-state index is 0.564. The van der Waals surface area contributed by atoms with Crippen molar-refractivity contribution >= 4 is 0 Å². The zero-order valence-electron chi connectivity index (χ0n) is 9.95. The van der Waals surface area contributed by atoms with Crippen LogP contribution in [0.25, 0.3) is 0 Å². The number of fused-ring (bicyclic) bond motifs is 1. The van der Waals surface area contributed by atoms with Crippen molar-refractivity contribution in [2.75, 3.05) is 27.4 Å². The van der Waals surface area contributed by atoms with E-state index in [9.17, 15) is 0 Å². The van der Waals surface area contributed by atoms with Gasteiger partial charge in [0.1, 0.15) is 5.75 Å². The molecular weight excluding hydrogens is 202 g/mol. The molecule has 1 aromatic carbocycles. The predicted octanol–water partition coefficient (Wildman–Crippen LogP) is 1.92. The van der Waals surface area contributed by atoms with Gasteiger partial charge in [-0.3, -0.25) is 0 Å². The highest BCUT2D eigenvalue weighted by molar-refractivity contribution is 5.39. The lowest BCUT2D eigenvalue weighted by Crippen LogP contribution is -2.28. The van der Waals surface area contributed by atoms with Crippen LogP contribution < -0.4 is 10.1 Å². The van der Waals surface area contributed by atoms with Gasteiger partial charge in [-0.1, -0.05) is 6.07 Å². The van der Waals surface area contributed by atoms with Gasteiger partial charge in [-0.05, 0) is 35.6 Å². The molecule has 0 radical (unpaired) electrons. The molecule has 16 heavy (non-hydrogen) atoms. The average Bonchev–Trinajstić information content (AvgIpc) is 2.35. The molecule has 0 amide bonds. The molecule has 0 fully saturated rings. The monoisotopic (exact) mass is 221 g/mol. The summed E-state index contributed by atoms with van der Waals surface area (Å²) in [6.07, 6.45) is 1.07. The van der Waals surface area contributed by atoms with E-state index in [4.69, 9.17) is 9.47 Å². The first-order valence-electron chi connectivity index (χ1n) is 5.71. The topological polar surface area (TPSA) is 30.5 Å². The van der Waals surface area contributed by atoms with Crippen molar-refractivity contribution in [1.82, 2.24) is 5.32 Å². The first-order chi connectivity index (χ1) is 7.85. The molecule has 3 heteroatoms. The van der Waals surface area contributed by atoms with Crippen molar-refractivity contribution in [2.24, 2.45) is 0 Å². The maximum Gasteiger partial charge on any atom is 0.119 e. The van der Waals surface area contributed by atoms with Crippen LogP contribution in [0.1, 0.15) is 23.5 Å². The summed E-state index contributed by atoms with van der Waals surface area (Å²) >= 11 is 0. The molecule has 1 aromatic rings. The second-order valence-corrected chi connectivity index (χ2v) is 4.17. The normalized spacial score (nSPS) is 19.2. The number of rotatable bonds is 4. The zero-order chi connectivity index (χ0) is 11.4. The molecule has 88 valence electrons. The highest BCUT2D eigenvalue weighted by atomic mass is 16.5. The lowest BCUT2D eigenvalue weighted by Gasteiger charge is -2.26. The third kappa shape index (κ3) is 2.36. The Balaban J connectivity index is 2.18. The summed E-state index contributed by atoms with van der Waals surface area (Å²) < 4.78 is 10.4. The summed E-state index contributed by atoms with van der Waals surface area (Å²) in [4.78, 5) is 0. The van der Waals surface area contributed by atoms with Crippen molar-refractivity contribution in [3.05, 3.63) is 29.3 Å². The lowest BCUT2D eigenvalue weighted by molar-refractivity contribution is 0.186. The van der Waals surface area contributed by atoms with Crippen LogP contribution in [0.4, 0.5) is 0 Å². The Morgan fingerprint density at radius 2 is 2.25 bits per heavy atom. The Bertz CT molecular complexity index is 352. The smallest absolute Gasteiger partial charge is 0.119 e. The average molecular weight is 221 g/mol. The molecule has 0 aromatic heterocycles. The molecule has 1 N–H and O–H groups in total. The van der Waals surface area contributed by atoms with Gasteiger partial charge in [-0.25, -0.2) is 0 Å². The first kappa shape index (κ1) is 11.4. The van der Waals surface area contributed by atoms with Gasteiger partial charge >= 0.3 is 0 Å². The van der Waals surface area contributed by atoms with Gasteiger partial charge in [0.25, 0.3) is 0 Å². The fraction of sp³-hybridized carbons (Fsp3) is 0.538. The summed E-state index contributed by atoms with van der Waals surface area (Å²) in [7, 11) is 3.46. The van der Waals surface area contributed by atoms with E-state index < -0.39 is 0 Å². The molecule has 2 rings (SSSR count). The SMILES string of the molecule is COCCC1CNCc2cc(OC)ccc21. The second kappa shape index (κ2) is 5.32. The molecule has 1 aliphatic heterocycles. The Hall–Kier alpha value is -1.06. The van der Waals surface area contributed by atoms with Crippen molar-refractivity contribution in [3.8, 4) is 5.75 Å². The van der Waals surface area contributed by atoms with E-state index in [-0.39, 0.29) is 0 Å². The first-order valence-corrected chi connectivity index (χ1v) is 5.71. The number of nitrogens with one attached hydrogen (secondary N) is 1.